The number of β-amino-alcohol motifs (C(OH)–C–C–N with tert-alkyl or cyclic N) is 1. The van der Waals surface area contributed by atoms with Crippen molar-refractivity contribution in [3.63, 3.8) is 0 Å². The standard InChI is InChI=1S/C17H37N3O/c1-6-17(7-2,13-18-8-3)15-20-11-9-19(10-12-20)14-16(4,5)21/h18,21H,6-15H2,1-5H3. The first-order valence-corrected chi connectivity index (χ1v) is 8.72. The van der Waals surface area contributed by atoms with Gasteiger partial charge in [-0.15, -0.1) is 0 Å². The fourth-order valence-electron chi connectivity index (χ4n) is 3.30. The molecule has 1 fully saturated rings. The highest BCUT2D eigenvalue weighted by Crippen LogP contribution is 2.27. The Kier molecular flexibility index (Phi) is 7.62. The third kappa shape index (κ3) is 6.64. The van der Waals surface area contributed by atoms with Crippen LogP contribution in [0.15, 0.2) is 0 Å². The maximum Gasteiger partial charge on any atom is 0.0718 e. The van der Waals surface area contributed by atoms with Crippen molar-refractivity contribution in [3.8, 4) is 0 Å². The molecule has 126 valence electrons. The highest BCUT2D eigenvalue weighted by molar-refractivity contribution is 4.86. The molecule has 0 atom stereocenters. The zero-order chi connectivity index (χ0) is 15.9. The number of piperazine rings is 1. The van der Waals surface area contributed by atoms with E-state index in [4.69, 9.17) is 0 Å². The van der Waals surface area contributed by atoms with Gasteiger partial charge < -0.3 is 15.3 Å². The second-order valence-corrected chi connectivity index (χ2v) is 7.35. The maximum absolute atomic E-state index is 9.93. The Morgan fingerprint density at radius 3 is 1.76 bits per heavy atom. The van der Waals surface area contributed by atoms with Gasteiger partial charge in [-0.2, -0.15) is 0 Å². The summed E-state index contributed by atoms with van der Waals surface area (Å²) in [5.74, 6) is 0. The third-order valence-electron chi connectivity index (χ3n) is 4.88. The zero-order valence-electron chi connectivity index (χ0n) is 14.9. The molecular weight excluding hydrogens is 262 g/mol. The Labute approximate surface area is 131 Å². The van der Waals surface area contributed by atoms with Crippen LogP contribution in [0.5, 0.6) is 0 Å². The van der Waals surface area contributed by atoms with E-state index in [9.17, 15) is 5.11 Å². The van der Waals surface area contributed by atoms with E-state index in [2.05, 4.69) is 35.9 Å². The monoisotopic (exact) mass is 299 g/mol. The van der Waals surface area contributed by atoms with Crippen molar-refractivity contribution in [1.29, 1.82) is 0 Å². The molecule has 4 nitrogen and oxygen atoms in total. The zero-order valence-corrected chi connectivity index (χ0v) is 14.9. The molecule has 0 aliphatic carbocycles. The number of aliphatic hydroxyl groups is 1. The van der Waals surface area contributed by atoms with E-state index in [-0.39, 0.29) is 0 Å². The summed E-state index contributed by atoms with van der Waals surface area (Å²) in [5.41, 5.74) is -0.168. The molecule has 1 rings (SSSR count). The maximum atomic E-state index is 9.93. The quantitative estimate of drug-likeness (QED) is 0.681. The average Bonchev–Trinajstić information content (AvgIpc) is 2.44. The first-order chi connectivity index (χ1) is 9.84. The van der Waals surface area contributed by atoms with Gasteiger partial charge in [0.15, 0.2) is 0 Å². The molecule has 1 aliphatic rings. The molecule has 2 N–H and O–H groups in total. The van der Waals surface area contributed by atoms with Gasteiger partial charge in [0.05, 0.1) is 5.60 Å². The molecule has 4 heteroatoms. The summed E-state index contributed by atoms with van der Waals surface area (Å²) in [7, 11) is 0. The first kappa shape index (κ1) is 18.9. The Balaban J connectivity index is 2.45. The van der Waals surface area contributed by atoms with E-state index >= 15 is 0 Å². The highest BCUT2D eigenvalue weighted by atomic mass is 16.3. The van der Waals surface area contributed by atoms with Gasteiger partial charge in [0, 0.05) is 45.8 Å². The molecule has 21 heavy (non-hydrogen) atoms. The van der Waals surface area contributed by atoms with Crippen molar-refractivity contribution >= 4 is 0 Å². The normalized spacial score (nSPS) is 19.1. The summed E-state index contributed by atoms with van der Waals surface area (Å²) < 4.78 is 0. The van der Waals surface area contributed by atoms with E-state index < -0.39 is 5.60 Å². The van der Waals surface area contributed by atoms with Gasteiger partial charge in [-0.3, -0.25) is 4.90 Å². The van der Waals surface area contributed by atoms with Crippen LogP contribution < -0.4 is 5.32 Å². The number of hydrogen-bond acceptors (Lipinski definition) is 4. The summed E-state index contributed by atoms with van der Waals surface area (Å²) in [6, 6.07) is 0. The van der Waals surface area contributed by atoms with E-state index in [0.29, 0.717) is 5.41 Å². The SMILES string of the molecule is CCNCC(CC)(CC)CN1CCN(CC(C)(C)O)CC1. The number of nitrogens with one attached hydrogen (secondary N) is 1. The summed E-state index contributed by atoms with van der Waals surface area (Å²) in [5, 5.41) is 13.5. The lowest BCUT2D eigenvalue weighted by molar-refractivity contribution is 0.00979. The van der Waals surface area contributed by atoms with Gasteiger partial charge in [0.1, 0.15) is 0 Å². The van der Waals surface area contributed by atoms with Gasteiger partial charge in [0.2, 0.25) is 0 Å². The number of nitrogens with zero attached hydrogens (tertiary/aromatic N) is 2. The summed E-state index contributed by atoms with van der Waals surface area (Å²) in [4.78, 5) is 5.01. The Morgan fingerprint density at radius 2 is 1.38 bits per heavy atom. The summed E-state index contributed by atoms with van der Waals surface area (Å²) in [6.45, 7) is 19.2. The predicted octanol–water partition coefficient (Wildman–Crippen LogP) is 1.79. The van der Waals surface area contributed by atoms with Crippen LogP contribution in [-0.4, -0.2) is 72.9 Å². The van der Waals surface area contributed by atoms with Crippen molar-refractivity contribution in [1.82, 2.24) is 15.1 Å². The molecule has 0 radical (unpaired) electrons. The molecule has 0 aromatic heterocycles. The molecule has 0 aromatic rings. The largest absolute Gasteiger partial charge is 0.389 e. The third-order valence-corrected chi connectivity index (χ3v) is 4.88. The molecule has 0 aromatic carbocycles. The molecule has 0 spiro atoms. The van der Waals surface area contributed by atoms with Gasteiger partial charge in [-0.1, -0.05) is 20.8 Å². The lowest BCUT2D eigenvalue weighted by atomic mass is 9.81. The molecule has 1 saturated heterocycles. The van der Waals surface area contributed by atoms with Crippen molar-refractivity contribution in [3.05, 3.63) is 0 Å². The fourth-order valence-corrected chi connectivity index (χ4v) is 3.30. The molecule has 0 bridgehead atoms. The van der Waals surface area contributed by atoms with Gasteiger partial charge >= 0.3 is 0 Å². The van der Waals surface area contributed by atoms with Crippen LogP contribution in [0.4, 0.5) is 0 Å². The Morgan fingerprint density at radius 1 is 0.905 bits per heavy atom. The van der Waals surface area contributed by atoms with Crippen LogP contribution in [0.25, 0.3) is 0 Å². The van der Waals surface area contributed by atoms with Crippen molar-refractivity contribution in [2.75, 3.05) is 52.4 Å². The average molecular weight is 300 g/mol. The van der Waals surface area contributed by atoms with Gasteiger partial charge in [-0.25, -0.2) is 0 Å². The molecule has 0 amide bonds. The van der Waals surface area contributed by atoms with Gasteiger partial charge in [-0.05, 0) is 38.6 Å². The second-order valence-electron chi connectivity index (χ2n) is 7.35. The minimum absolute atomic E-state index is 0.411. The van der Waals surface area contributed by atoms with Crippen molar-refractivity contribution in [2.45, 2.75) is 53.1 Å². The van der Waals surface area contributed by atoms with Crippen LogP contribution in [0.2, 0.25) is 0 Å². The lowest BCUT2D eigenvalue weighted by Crippen LogP contribution is -2.53. The summed E-state index contributed by atoms with van der Waals surface area (Å²) in [6.07, 6.45) is 2.47. The van der Waals surface area contributed by atoms with Crippen LogP contribution >= 0.6 is 0 Å². The predicted molar refractivity (Wildman–Crippen MR) is 90.7 cm³/mol. The van der Waals surface area contributed by atoms with Crippen LogP contribution in [-0.2, 0) is 0 Å². The molecular formula is C17H37N3O. The summed E-state index contributed by atoms with van der Waals surface area (Å²) >= 11 is 0. The van der Waals surface area contributed by atoms with Crippen molar-refractivity contribution < 1.29 is 5.11 Å². The van der Waals surface area contributed by atoms with Crippen molar-refractivity contribution in [2.24, 2.45) is 5.41 Å². The van der Waals surface area contributed by atoms with Crippen LogP contribution in [0, 0.1) is 5.41 Å². The van der Waals surface area contributed by atoms with E-state index in [1.807, 2.05) is 13.8 Å². The second kappa shape index (κ2) is 8.47. The number of hydrogen-bond donors (Lipinski definition) is 2. The molecule has 1 heterocycles. The molecule has 0 unspecified atom stereocenters. The Bertz CT molecular complexity index is 276. The molecule has 1 aliphatic heterocycles. The molecule has 0 saturated carbocycles. The minimum Gasteiger partial charge on any atom is -0.389 e. The van der Waals surface area contributed by atoms with E-state index in [1.54, 1.807) is 0 Å². The van der Waals surface area contributed by atoms with E-state index in [1.165, 1.54) is 19.4 Å². The highest BCUT2D eigenvalue weighted by Gasteiger charge is 2.30. The van der Waals surface area contributed by atoms with Crippen LogP contribution in [0.1, 0.15) is 47.5 Å². The number of rotatable bonds is 9. The minimum atomic E-state index is -0.580. The Hall–Kier alpha value is -0.160. The fraction of sp³-hybridized carbons (Fsp3) is 1.00. The van der Waals surface area contributed by atoms with E-state index in [0.717, 1.165) is 45.8 Å². The van der Waals surface area contributed by atoms with Gasteiger partial charge in [0.25, 0.3) is 0 Å². The lowest BCUT2D eigenvalue weighted by Gasteiger charge is -2.42. The smallest absolute Gasteiger partial charge is 0.0718 e. The van der Waals surface area contributed by atoms with Crippen LogP contribution in [0.3, 0.4) is 0 Å². The topological polar surface area (TPSA) is 38.7 Å². The first-order valence-electron chi connectivity index (χ1n) is 8.72.